The van der Waals surface area contributed by atoms with Crippen molar-refractivity contribution >= 4 is 11.6 Å². The summed E-state index contributed by atoms with van der Waals surface area (Å²) < 4.78 is 10.9. The van der Waals surface area contributed by atoms with Crippen molar-refractivity contribution in [3.63, 3.8) is 0 Å². The number of fused-ring (bicyclic) bond motifs is 1. The minimum atomic E-state index is -0.362. The van der Waals surface area contributed by atoms with E-state index in [1.165, 1.54) is 6.42 Å². The maximum atomic E-state index is 13.2. The van der Waals surface area contributed by atoms with Crippen LogP contribution in [0.4, 0.5) is 5.69 Å². The first-order valence-electron chi connectivity index (χ1n) is 12.4. The Morgan fingerprint density at radius 3 is 2.43 bits per heavy atom. The topological polar surface area (TPSA) is 85.2 Å². The summed E-state index contributed by atoms with van der Waals surface area (Å²) in [5.41, 5.74) is 3.43. The molecule has 0 bridgehead atoms. The summed E-state index contributed by atoms with van der Waals surface area (Å²) in [4.78, 5) is 28.2. The SMILES string of the molecule is COc1cc2c(cc1OC)CC(=O)N(CC1CCCCN(CCc3ccc([N+](=O)[O-])cc3)C1)CC2. The number of hydrogen-bond donors (Lipinski definition) is 0. The molecular weight excluding hydrogens is 446 g/mol. The Morgan fingerprint density at radius 1 is 1.03 bits per heavy atom. The van der Waals surface area contributed by atoms with Gasteiger partial charge in [0.05, 0.1) is 25.6 Å². The molecule has 0 aliphatic carbocycles. The van der Waals surface area contributed by atoms with E-state index in [1.807, 2.05) is 29.2 Å². The van der Waals surface area contributed by atoms with Crippen molar-refractivity contribution in [3.8, 4) is 11.5 Å². The third-order valence-electron chi connectivity index (χ3n) is 7.25. The van der Waals surface area contributed by atoms with E-state index in [1.54, 1.807) is 26.4 Å². The molecule has 2 aromatic rings. The predicted molar refractivity (Wildman–Crippen MR) is 134 cm³/mol. The van der Waals surface area contributed by atoms with Crippen molar-refractivity contribution < 1.29 is 19.2 Å². The minimum absolute atomic E-state index is 0.129. The Balaban J connectivity index is 1.35. The van der Waals surface area contributed by atoms with Crippen molar-refractivity contribution in [3.05, 3.63) is 63.2 Å². The average molecular weight is 482 g/mol. The second-order valence-electron chi connectivity index (χ2n) is 9.58. The van der Waals surface area contributed by atoms with Crippen LogP contribution in [0, 0.1) is 16.0 Å². The Kier molecular flexibility index (Phi) is 8.23. The van der Waals surface area contributed by atoms with Crippen molar-refractivity contribution in [2.24, 2.45) is 5.92 Å². The van der Waals surface area contributed by atoms with Crippen molar-refractivity contribution in [1.29, 1.82) is 0 Å². The van der Waals surface area contributed by atoms with Crippen LogP contribution in [-0.2, 0) is 24.1 Å². The summed E-state index contributed by atoms with van der Waals surface area (Å²) in [7, 11) is 3.26. The molecular formula is C27H35N3O5. The van der Waals surface area contributed by atoms with Crippen LogP contribution in [0.1, 0.15) is 36.0 Å². The van der Waals surface area contributed by atoms with E-state index < -0.39 is 0 Å². The number of amides is 1. The molecule has 2 aromatic carbocycles. The monoisotopic (exact) mass is 481 g/mol. The zero-order valence-electron chi connectivity index (χ0n) is 20.7. The lowest BCUT2D eigenvalue weighted by molar-refractivity contribution is -0.384. The summed E-state index contributed by atoms with van der Waals surface area (Å²) in [6.07, 6.45) is 5.55. The molecule has 8 heteroatoms. The number of likely N-dealkylation sites (tertiary alicyclic amines) is 1. The highest BCUT2D eigenvalue weighted by Crippen LogP contribution is 2.32. The highest BCUT2D eigenvalue weighted by atomic mass is 16.6. The summed E-state index contributed by atoms with van der Waals surface area (Å²) in [5.74, 6) is 2.00. The first-order valence-corrected chi connectivity index (χ1v) is 12.4. The average Bonchev–Trinajstić information content (AvgIpc) is 3.18. The molecule has 1 saturated heterocycles. The molecule has 1 unspecified atom stereocenters. The number of carbonyl (C=O) groups excluding carboxylic acids is 1. The number of carbonyl (C=O) groups is 1. The number of non-ortho nitro benzene ring substituents is 1. The number of rotatable bonds is 8. The molecule has 0 aromatic heterocycles. The number of nitro groups is 1. The molecule has 35 heavy (non-hydrogen) atoms. The summed E-state index contributed by atoms with van der Waals surface area (Å²) in [6, 6.07) is 10.8. The molecule has 188 valence electrons. The van der Waals surface area contributed by atoms with Gasteiger partial charge in [-0.1, -0.05) is 18.6 Å². The lowest BCUT2D eigenvalue weighted by Gasteiger charge is -2.29. The van der Waals surface area contributed by atoms with Gasteiger partial charge in [-0.05, 0) is 67.0 Å². The van der Waals surface area contributed by atoms with Crippen LogP contribution in [0.25, 0.3) is 0 Å². The standard InChI is InChI=1S/C27H35N3O5/c1-34-25-15-22-11-14-29(27(31)17-23(22)16-26(25)35-2)19-21-5-3-4-12-28(18-21)13-10-20-6-8-24(9-7-20)30(32)33/h6-9,15-16,21H,3-5,10-14,17-19H2,1-2H3. The maximum absolute atomic E-state index is 13.2. The van der Waals surface area contributed by atoms with Gasteiger partial charge in [0.25, 0.3) is 5.69 Å². The minimum Gasteiger partial charge on any atom is -0.493 e. The van der Waals surface area contributed by atoms with Gasteiger partial charge in [-0.2, -0.15) is 0 Å². The first-order chi connectivity index (χ1) is 17.0. The molecule has 0 spiro atoms. The number of nitrogens with zero attached hydrogens (tertiary/aromatic N) is 3. The van der Waals surface area contributed by atoms with Gasteiger partial charge in [0.15, 0.2) is 11.5 Å². The molecule has 0 N–H and O–H groups in total. The second-order valence-corrected chi connectivity index (χ2v) is 9.58. The van der Waals surface area contributed by atoms with Gasteiger partial charge in [-0.25, -0.2) is 0 Å². The van der Waals surface area contributed by atoms with Crippen LogP contribution in [0.3, 0.4) is 0 Å². The molecule has 2 aliphatic rings. The lowest BCUT2D eigenvalue weighted by atomic mass is 10.0. The van der Waals surface area contributed by atoms with E-state index in [-0.39, 0.29) is 16.5 Å². The molecule has 0 radical (unpaired) electrons. The van der Waals surface area contributed by atoms with E-state index in [0.717, 1.165) is 75.1 Å². The van der Waals surface area contributed by atoms with Gasteiger partial charge in [0.2, 0.25) is 5.91 Å². The van der Waals surface area contributed by atoms with E-state index >= 15 is 0 Å². The van der Waals surface area contributed by atoms with Crippen LogP contribution in [0.2, 0.25) is 0 Å². The van der Waals surface area contributed by atoms with Gasteiger partial charge in [-0.15, -0.1) is 0 Å². The Bertz CT molecular complexity index is 1040. The highest BCUT2D eigenvalue weighted by molar-refractivity contribution is 5.80. The van der Waals surface area contributed by atoms with E-state index in [4.69, 9.17) is 9.47 Å². The van der Waals surface area contributed by atoms with Crippen LogP contribution in [0.15, 0.2) is 36.4 Å². The summed E-state index contributed by atoms with van der Waals surface area (Å²) in [6.45, 7) is 4.47. The zero-order chi connectivity index (χ0) is 24.8. The van der Waals surface area contributed by atoms with E-state index in [0.29, 0.717) is 23.8 Å². The highest BCUT2D eigenvalue weighted by Gasteiger charge is 2.26. The fraction of sp³-hybridized carbons (Fsp3) is 0.519. The number of methoxy groups -OCH3 is 2. The van der Waals surface area contributed by atoms with Gasteiger partial charge in [-0.3, -0.25) is 14.9 Å². The third-order valence-corrected chi connectivity index (χ3v) is 7.25. The Hall–Kier alpha value is -3.13. The molecule has 2 heterocycles. The Morgan fingerprint density at radius 2 is 1.74 bits per heavy atom. The van der Waals surface area contributed by atoms with Gasteiger partial charge in [0, 0.05) is 38.3 Å². The smallest absolute Gasteiger partial charge is 0.269 e. The fourth-order valence-corrected chi connectivity index (χ4v) is 5.26. The van der Waals surface area contributed by atoms with Crippen molar-refractivity contribution in [2.75, 3.05) is 46.9 Å². The fourth-order valence-electron chi connectivity index (χ4n) is 5.26. The van der Waals surface area contributed by atoms with E-state index in [9.17, 15) is 14.9 Å². The predicted octanol–water partition coefficient (Wildman–Crippen LogP) is 3.88. The molecule has 8 nitrogen and oxygen atoms in total. The lowest BCUT2D eigenvalue weighted by Crippen LogP contribution is -2.40. The number of benzene rings is 2. The quantitative estimate of drug-likeness (QED) is 0.420. The van der Waals surface area contributed by atoms with Crippen LogP contribution >= 0.6 is 0 Å². The van der Waals surface area contributed by atoms with Gasteiger partial charge in [0.1, 0.15) is 0 Å². The first kappa shape index (κ1) is 25.0. The van der Waals surface area contributed by atoms with Crippen molar-refractivity contribution in [1.82, 2.24) is 9.80 Å². The van der Waals surface area contributed by atoms with Gasteiger partial charge < -0.3 is 19.3 Å². The summed E-state index contributed by atoms with van der Waals surface area (Å²) in [5, 5.41) is 10.9. The second kappa shape index (κ2) is 11.5. The van der Waals surface area contributed by atoms with Crippen LogP contribution in [0.5, 0.6) is 11.5 Å². The summed E-state index contributed by atoms with van der Waals surface area (Å²) >= 11 is 0. The number of nitro benzene ring substituents is 1. The molecule has 1 fully saturated rings. The number of hydrogen-bond acceptors (Lipinski definition) is 6. The van der Waals surface area contributed by atoms with Crippen LogP contribution in [-0.4, -0.2) is 67.6 Å². The Labute approximate surface area is 207 Å². The molecule has 0 saturated carbocycles. The molecule has 2 aliphatic heterocycles. The van der Waals surface area contributed by atoms with E-state index in [2.05, 4.69) is 4.90 Å². The molecule has 4 rings (SSSR count). The normalized spacial score (nSPS) is 19.0. The maximum Gasteiger partial charge on any atom is 0.269 e. The molecule has 1 atom stereocenters. The molecule has 1 amide bonds. The van der Waals surface area contributed by atoms with Crippen molar-refractivity contribution in [2.45, 2.75) is 38.5 Å². The largest absolute Gasteiger partial charge is 0.493 e. The third kappa shape index (κ3) is 6.31. The zero-order valence-corrected chi connectivity index (χ0v) is 20.7. The van der Waals surface area contributed by atoms with Gasteiger partial charge >= 0.3 is 0 Å². The number of ether oxygens (including phenoxy) is 2. The van der Waals surface area contributed by atoms with Crippen LogP contribution < -0.4 is 9.47 Å².